The molecule has 150 valence electrons. The average molecular weight is 498 g/mol. The number of hydrogen-bond acceptors (Lipinski definition) is 2. The molecule has 0 heterocycles. The zero-order valence-corrected chi connectivity index (χ0v) is 20.9. The summed E-state index contributed by atoms with van der Waals surface area (Å²) in [7, 11) is 9.87. The standard InChI is InChI=1S/C23H29NO.2ClH.Zr/c1-17-14-18(16-24-20-12-8-5-9-13-20)22(25)21(15-17)23(2,3)19-10-6-4-7-11-19;;;/h4,6-7,10-11,14-16,20,25H,5,8-9,12-13H2,1-3H3;2*1H;/q;;;+2/p-2. The van der Waals surface area contributed by atoms with E-state index in [2.05, 4.69) is 51.1 Å². The Morgan fingerprint density at radius 3 is 2.29 bits per heavy atom. The molecule has 1 aliphatic rings. The number of phenols is 1. The first kappa shape index (κ1) is 23.7. The van der Waals surface area contributed by atoms with E-state index in [1.807, 2.05) is 18.3 Å². The number of nitrogens with zero attached hydrogens (tertiary/aromatic N) is 1. The summed E-state index contributed by atoms with van der Waals surface area (Å²) in [5.74, 6) is 0.360. The van der Waals surface area contributed by atoms with Gasteiger partial charge in [-0.05, 0) is 37.0 Å². The number of benzene rings is 2. The maximum absolute atomic E-state index is 10.9. The van der Waals surface area contributed by atoms with Crippen LogP contribution in [0.4, 0.5) is 0 Å². The van der Waals surface area contributed by atoms with Crippen LogP contribution in [0, 0.1) is 6.92 Å². The summed E-state index contributed by atoms with van der Waals surface area (Å²) in [6.07, 6.45) is 8.11. The third kappa shape index (κ3) is 6.44. The van der Waals surface area contributed by atoms with Gasteiger partial charge in [0.25, 0.3) is 0 Å². The van der Waals surface area contributed by atoms with Crippen molar-refractivity contribution in [3.8, 4) is 5.75 Å². The zero-order valence-electron chi connectivity index (χ0n) is 16.9. The molecule has 0 aromatic heterocycles. The van der Waals surface area contributed by atoms with Crippen molar-refractivity contribution in [3.63, 3.8) is 0 Å². The summed E-state index contributed by atoms with van der Waals surface area (Å²) in [4.78, 5) is 4.77. The zero-order chi connectivity index (χ0) is 20.6. The Hall–Kier alpha value is -0.627. The normalized spacial score (nSPS) is 15.2. The third-order valence-electron chi connectivity index (χ3n) is 5.45. The van der Waals surface area contributed by atoms with Crippen molar-refractivity contribution in [1.82, 2.24) is 0 Å². The molecule has 3 rings (SSSR count). The molecule has 2 aromatic rings. The molecular formula is C23H29Cl2NOZr. The SMILES string of the molecule is Cc1cc(C=NC2CCCCC2)c(O)c(C(C)(C)c2ccccc2)c1.[Cl][Zr][Cl]. The fourth-order valence-electron chi connectivity index (χ4n) is 3.81. The van der Waals surface area contributed by atoms with Gasteiger partial charge in [0.2, 0.25) is 0 Å². The first-order valence-corrected chi connectivity index (χ1v) is 16.1. The molecule has 28 heavy (non-hydrogen) atoms. The van der Waals surface area contributed by atoms with Crippen LogP contribution in [0.25, 0.3) is 0 Å². The summed E-state index contributed by atoms with van der Waals surface area (Å²) in [6.45, 7) is 6.42. The second-order valence-corrected chi connectivity index (χ2v) is 11.6. The molecule has 0 aliphatic heterocycles. The second-order valence-electron chi connectivity index (χ2n) is 7.88. The molecule has 5 heteroatoms. The van der Waals surface area contributed by atoms with Crippen LogP contribution >= 0.6 is 17.0 Å². The van der Waals surface area contributed by atoms with E-state index in [0.717, 1.165) is 16.7 Å². The summed E-state index contributed by atoms with van der Waals surface area (Å²) < 4.78 is 0. The topological polar surface area (TPSA) is 32.6 Å². The Kier molecular flexibility index (Phi) is 9.74. The van der Waals surface area contributed by atoms with E-state index in [0.29, 0.717) is 11.8 Å². The predicted molar refractivity (Wildman–Crippen MR) is 118 cm³/mol. The maximum atomic E-state index is 10.9. The van der Waals surface area contributed by atoms with Gasteiger partial charge in [-0.2, -0.15) is 0 Å². The van der Waals surface area contributed by atoms with E-state index in [-0.39, 0.29) is 5.41 Å². The number of hydrogen-bond donors (Lipinski definition) is 1. The molecule has 0 radical (unpaired) electrons. The predicted octanol–water partition coefficient (Wildman–Crippen LogP) is 7.15. The molecule has 0 unspecified atom stereocenters. The Labute approximate surface area is 188 Å². The van der Waals surface area contributed by atoms with Crippen molar-refractivity contribution in [1.29, 1.82) is 0 Å². The van der Waals surface area contributed by atoms with Gasteiger partial charge in [0.15, 0.2) is 0 Å². The monoisotopic (exact) mass is 495 g/mol. The number of aromatic hydroxyl groups is 1. The number of aryl methyl sites for hydroxylation is 1. The first-order valence-electron chi connectivity index (χ1n) is 9.79. The number of aliphatic imine (C=N–C) groups is 1. The van der Waals surface area contributed by atoms with E-state index in [4.69, 9.17) is 22.0 Å². The third-order valence-corrected chi connectivity index (χ3v) is 5.45. The molecule has 1 fully saturated rings. The van der Waals surface area contributed by atoms with Crippen molar-refractivity contribution in [3.05, 3.63) is 64.7 Å². The Bertz CT molecular complexity index is 772. The van der Waals surface area contributed by atoms with Crippen LogP contribution < -0.4 is 0 Å². The summed E-state index contributed by atoms with van der Waals surface area (Å²) in [5.41, 5.74) is 3.89. The van der Waals surface area contributed by atoms with Crippen LogP contribution in [0.15, 0.2) is 47.5 Å². The molecule has 0 atom stereocenters. The van der Waals surface area contributed by atoms with Crippen molar-refractivity contribution in [2.75, 3.05) is 0 Å². The Morgan fingerprint density at radius 2 is 1.68 bits per heavy atom. The van der Waals surface area contributed by atoms with Gasteiger partial charge in [0.1, 0.15) is 5.75 Å². The molecule has 1 aliphatic carbocycles. The molecule has 0 saturated heterocycles. The van der Waals surface area contributed by atoms with E-state index >= 15 is 0 Å². The Balaban J connectivity index is 0.000000878. The minimum absolute atomic E-state index is 0.259. The number of halogens is 2. The number of phenolic OH excluding ortho intramolecular Hbond substituents is 1. The van der Waals surface area contributed by atoms with Gasteiger partial charge >= 0.3 is 37.9 Å². The van der Waals surface area contributed by atoms with Gasteiger partial charge < -0.3 is 5.11 Å². The average Bonchev–Trinajstić information content (AvgIpc) is 2.70. The van der Waals surface area contributed by atoms with Gasteiger partial charge in [-0.1, -0.05) is 69.5 Å². The summed E-state index contributed by atoms with van der Waals surface area (Å²) >= 11 is -0.826. The van der Waals surface area contributed by atoms with Crippen LogP contribution in [0.3, 0.4) is 0 Å². The van der Waals surface area contributed by atoms with E-state index in [1.165, 1.54) is 37.7 Å². The molecule has 0 amide bonds. The first-order chi connectivity index (χ1) is 13.4. The van der Waals surface area contributed by atoms with Crippen molar-refractivity contribution in [2.45, 2.75) is 64.3 Å². The molecule has 0 bridgehead atoms. The van der Waals surface area contributed by atoms with Gasteiger partial charge in [-0.15, -0.1) is 0 Å². The van der Waals surface area contributed by atoms with Crippen LogP contribution in [-0.4, -0.2) is 17.4 Å². The quantitative estimate of drug-likeness (QED) is 0.447. The van der Waals surface area contributed by atoms with E-state index in [9.17, 15) is 5.11 Å². The molecule has 1 N–H and O–H groups in total. The van der Waals surface area contributed by atoms with Crippen molar-refractivity contribution < 1.29 is 26.0 Å². The van der Waals surface area contributed by atoms with Gasteiger partial charge in [-0.25, -0.2) is 0 Å². The van der Waals surface area contributed by atoms with E-state index in [1.54, 1.807) is 0 Å². The van der Waals surface area contributed by atoms with Gasteiger partial charge in [0.05, 0.1) is 0 Å². The van der Waals surface area contributed by atoms with E-state index < -0.39 is 20.8 Å². The minimum atomic E-state index is -0.826. The van der Waals surface area contributed by atoms with Crippen molar-refractivity contribution in [2.24, 2.45) is 4.99 Å². The molecule has 1 saturated carbocycles. The van der Waals surface area contributed by atoms with Crippen LogP contribution in [-0.2, 0) is 26.3 Å². The second kappa shape index (κ2) is 11.5. The Morgan fingerprint density at radius 1 is 1.07 bits per heavy atom. The molecule has 0 spiro atoms. The van der Waals surface area contributed by atoms with Crippen LogP contribution in [0.5, 0.6) is 5.75 Å². The van der Waals surface area contributed by atoms with Gasteiger partial charge in [-0.3, -0.25) is 4.99 Å². The van der Waals surface area contributed by atoms with Crippen LogP contribution in [0.2, 0.25) is 0 Å². The van der Waals surface area contributed by atoms with Gasteiger partial charge in [0, 0.05) is 28.8 Å². The van der Waals surface area contributed by atoms with Crippen molar-refractivity contribution >= 4 is 23.2 Å². The molecule has 2 aromatic carbocycles. The summed E-state index contributed by atoms with van der Waals surface area (Å²) in [5, 5.41) is 10.9. The molecular weight excluding hydrogens is 468 g/mol. The fraction of sp³-hybridized carbons (Fsp3) is 0.435. The fourth-order valence-corrected chi connectivity index (χ4v) is 3.81. The van der Waals surface area contributed by atoms with Crippen LogP contribution in [0.1, 0.15) is 68.2 Å². The summed E-state index contributed by atoms with van der Waals surface area (Å²) in [6, 6.07) is 14.9. The molecule has 2 nitrogen and oxygen atoms in total. The number of rotatable bonds is 4.